The summed E-state index contributed by atoms with van der Waals surface area (Å²) < 4.78 is 2.36. The predicted molar refractivity (Wildman–Crippen MR) is 79.2 cm³/mol. The van der Waals surface area contributed by atoms with Crippen LogP contribution >= 0.6 is 11.3 Å². The second kappa shape index (κ2) is 6.21. The highest BCUT2D eigenvalue weighted by Gasteiger charge is 2.05. The van der Waals surface area contributed by atoms with Gasteiger partial charge in [0.1, 0.15) is 0 Å². The van der Waals surface area contributed by atoms with Crippen molar-refractivity contribution >= 4 is 11.3 Å². The van der Waals surface area contributed by atoms with Crippen LogP contribution in [-0.4, -0.2) is 10.6 Å². The maximum absolute atomic E-state index is 3.47. The van der Waals surface area contributed by atoms with Crippen molar-refractivity contribution in [1.29, 1.82) is 0 Å². The van der Waals surface area contributed by atoms with Crippen molar-refractivity contribution in [3.8, 4) is 0 Å². The minimum Gasteiger partial charge on any atom is -0.351 e. The summed E-state index contributed by atoms with van der Waals surface area (Å²) in [6.45, 7) is 8.63. The molecule has 0 aliphatic carbocycles. The van der Waals surface area contributed by atoms with Gasteiger partial charge in [0.15, 0.2) is 0 Å². The van der Waals surface area contributed by atoms with Gasteiger partial charge in [-0.05, 0) is 36.4 Å². The number of nitrogens with one attached hydrogen (secondary N) is 1. The minimum absolute atomic E-state index is 0.541. The summed E-state index contributed by atoms with van der Waals surface area (Å²) in [6, 6.07) is 7.11. The topological polar surface area (TPSA) is 17.0 Å². The Bertz CT molecular complexity index is 469. The van der Waals surface area contributed by atoms with Gasteiger partial charge in [0.25, 0.3) is 0 Å². The van der Waals surface area contributed by atoms with Crippen LogP contribution in [-0.2, 0) is 19.5 Å². The number of nitrogens with zero attached hydrogens (tertiary/aromatic N) is 1. The van der Waals surface area contributed by atoms with Gasteiger partial charge in [-0.15, -0.1) is 11.3 Å². The molecule has 1 N–H and O–H groups in total. The molecule has 0 atom stereocenters. The van der Waals surface area contributed by atoms with E-state index < -0.39 is 0 Å². The summed E-state index contributed by atoms with van der Waals surface area (Å²) in [6.07, 6.45) is 3.34. The van der Waals surface area contributed by atoms with Crippen LogP contribution in [0, 0.1) is 6.92 Å². The Morgan fingerprint density at radius 1 is 1.33 bits per heavy atom. The number of hydrogen-bond donors (Lipinski definition) is 1. The van der Waals surface area contributed by atoms with Gasteiger partial charge in [-0.1, -0.05) is 19.9 Å². The van der Waals surface area contributed by atoms with E-state index in [9.17, 15) is 0 Å². The molecule has 2 heterocycles. The first-order chi connectivity index (χ1) is 8.66. The second-order valence-corrected chi connectivity index (χ2v) is 6.02. The summed E-state index contributed by atoms with van der Waals surface area (Å²) >= 11 is 1.84. The molecule has 2 nitrogen and oxygen atoms in total. The van der Waals surface area contributed by atoms with E-state index in [2.05, 4.69) is 60.4 Å². The molecule has 0 radical (unpaired) electrons. The Morgan fingerprint density at radius 2 is 2.17 bits per heavy atom. The molecule has 98 valence electrons. The normalized spacial score (nSPS) is 11.3. The van der Waals surface area contributed by atoms with E-state index in [1.807, 2.05) is 11.3 Å². The predicted octanol–water partition coefficient (Wildman–Crippen LogP) is 3.60. The second-order valence-electron chi connectivity index (χ2n) is 4.98. The third-order valence-corrected chi connectivity index (χ3v) is 4.17. The van der Waals surface area contributed by atoms with E-state index in [1.54, 1.807) is 0 Å². The highest BCUT2D eigenvalue weighted by Crippen LogP contribution is 2.14. The quantitative estimate of drug-likeness (QED) is 0.841. The molecule has 0 bridgehead atoms. The fourth-order valence-corrected chi connectivity index (χ4v) is 2.72. The van der Waals surface area contributed by atoms with E-state index in [4.69, 9.17) is 0 Å². The van der Waals surface area contributed by atoms with Gasteiger partial charge >= 0.3 is 0 Å². The molecular weight excluding hydrogens is 240 g/mol. The smallest absolute Gasteiger partial charge is 0.0270 e. The summed E-state index contributed by atoms with van der Waals surface area (Å²) in [7, 11) is 0. The molecular formula is C15H22N2S. The lowest BCUT2D eigenvalue weighted by Crippen LogP contribution is -2.22. The Hall–Kier alpha value is -1.06. The number of hydrogen-bond acceptors (Lipinski definition) is 2. The van der Waals surface area contributed by atoms with Gasteiger partial charge in [-0.2, -0.15) is 0 Å². The lowest BCUT2D eigenvalue weighted by molar-refractivity contribution is 0.584. The summed E-state index contributed by atoms with van der Waals surface area (Å²) in [4.78, 5) is 1.46. The zero-order chi connectivity index (χ0) is 13.0. The Kier molecular flexibility index (Phi) is 4.61. The summed E-state index contributed by atoms with van der Waals surface area (Å²) in [5, 5.41) is 5.62. The number of rotatable bonds is 6. The van der Waals surface area contributed by atoms with Gasteiger partial charge in [-0.3, -0.25) is 0 Å². The maximum atomic E-state index is 3.47. The van der Waals surface area contributed by atoms with Crippen molar-refractivity contribution in [2.75, 3.05) is 0 Å². The Morgan fingerprint density at radius 3 is 2.83 bits per heavy atom. The highest BCUT2D eigenvalue weighted by atomic mass is 32.1. The SMILES string of the molecule is Cc1c(CNC(C)C)ccn1CCc1cccs1. The molecule has 2 rings (SSSR count). The first-order valence-corrected chi connectivity index (χ1v) is 7.45. The third kappa shape index (κ3) is 3.47. The monoisotopic (exact) mass is 262 g/mol. The van der Waals surface area contributed by atoms with E-state index in [-0.39, 0.29) is 0 Å². The lowest BCUT2D eigenvalue weighted by atomic mass is 10.2. The Balaban J connectivity index is 1.93. The van der Waals surface area contributed by atoms with E-state index in [0.29, 0.717) is 6.04 Å². The van der Waals surface area contributed by atoms with Crippen LogP contribution in [0.3, 0.4) is 0 Å². The van der Waals surface area contributed by atoms with Crippen LogP contribution in [0.15, 0.2) is 29.8 Å². The molecule has 0 aliphatic heterocycles. The molecule has 0 saturated carbocycles. The first-order valence-electron chi connectivity index (χ1n) is 6.57. The molecule has 0 aliphatic rings. The zero-order valence-corrected chi connectivity index (χ0v) is 12.3. The molecule has 0 fully saturated rings. The molecule has 2 aromatic rings. The van der Waals surface area contributed by atoms with Crippen LogP contribution in [0.2, 0.25) is 0 Å². The van der Waals surface area contributed by atoms with E-state index >= 15 is 0 Å². The van der Waals surface area contributed by atoms with Crippen LogP contribution in [0.25, 0.3) is 0 Å². The van der Waals surface area contributed by atoms with Crippen molar-refractivity contribution in [1.82, 2.24) is 9.88 Å². The molecule has 3 heteroatoms. The number of aryl methyl sites for hydroxylation is 2. The lowest BCUT2D eigenvalue weighted by Gasteiger charge is -2.09. The molecule has 0 unspecified atom stereocenters. The van der Waals surface area contributed by atoms with Gasteiger partial charge in [0, 0.05) is 35.9 Å². The molecule has 0 amide bonds. The van der Waals surface area contributed by atoms with Crippen LogP contribution in [0.4, 0.5) is 0 Å². The van der Waals surface area contributed by atoms with Crippen LogP contribution < -0.4 is 5.32 Å². The molecule has 2 aromatic heterocycles. The fourth-order valence-electron chi connectivity index (χ4n) is 2.03. The van der Waals surface area contributed by atoms with Gasteiger partial charge in [0.05, 0.1) is 0 Å². The summed E-state index contributed by atoms with van der Waals surface area (Å²) in [5.74, 6) is 0. The van der Waals surface area contributed by atoms with Crippen molar-refractivity contribution < 1.29 is 0 Å². The largest absolute Gasteiger partial charge is 0.351 e. The van der Waals surface area contributed by atoms with Gasteiger partial charge in [-0.25, -0.2) is 0 Å². The van der Waals surface area contributed by atoms with Crippen molar-refractivity contribution in [3.05, 3.63) is 45.9 Å². The summed E-state index contributed by atoms with van der Waals surface area (Å²) in [5.41, 5.74) is 2.80. The number of thiophene rings is 1. The zero-order valence-electron chi connectivity index (χ0n) is 11.4. The van der Waals surface area contributed by atoms with E-state index in [0.717, 1.165) is 19.5 Å². The van der Waals surface area contributed by atoms with Crippen molar-refractivity contribution in [3.63, 3.8) is 0 Å². The maximum Gasteiger partial charge on any atom is 0.0270 e. The average molecular weight is 262 g/mol. The third-order valence-electron chi connectivity index (χ3n) is 3.23. The average Bonchev–Trinajstić information content (AvgIpc) is 2.94. The molecule has 18 heavy (non-hydrogen) atoms. The van der Waals surface area contributed by atoms with Crippen molar-refractivity contribution in [2.24, 2.45) is 0 Å². The standard InChI is InChI=1S/C15H22N2S/c1-12(2)16-11-14-6-8-17(13(14)3)9-7-15-5-4-10-18-15/h4-6,8,10,12,16H,7,9,11H2,1-3H3. The number of aromatic nitrogens is 1. The Labute approximate surface area is 114 Å². The first kappa shape index (κ1) is 13.4. The van der Waals surface area contributed by atoms with Crippen molar-refractivity contribution in [2.45, 2.75) is 46.3 Å². The molecule has 0 aromatic carbocycles. The van der Waals surface area contributed by atoms with E-state index in [1.165, 1.54) is 16.1 Å². The van der Waals surface area contributed by atoms with Gasteiger partial charge in [0.2, 0.25) is 0 Å². The highest BCUT2D eigenvalue weighted by molar-refractivity contribution is 7.09. The van der Waals surface area contributed by atoms with Crippen LogP contribution in [0.5, 0.6) is 0 Å². The molecule has 0 spiro atoms. The molecule has 0 saturated heterocycles. The van der Waals surface area contributed by atoms with Gasteiger partial charge < -0.3 is 9.88 Å². The fraction of sp³-hybridized carbons (Fsp3) is 0.467. The van der Waals surface area contributed by atoms with Crippen LogP contribution in [0.1, 0.15) is 30.0 Å². The minimum atomic E-state index is 0.541.